The number of rotatable bonds is 3. The zero-order valence-electron chi connectivity index (χ0n) is 9.58. The van der Waals surface area contributed by atoms with E-state index in [0.29, 0.717) is 11.5 Å². The Morgan fingerprint density at radius 3 is 2.80 bits per heavy atom. The number of aromatic amines is 1. The molecule has 0 aliphatic heterocycles. The van der Waals surface area contributed by atoms with Gasteiger partial charge < -0.3 is 5.32 Å². The van der Waals surface area contributed by atoms with Gasteiger partial charge in [-0.2, -0.15) is 5.10 Å². The van der Waals surface area contributed by atoms with Crippen LogP contribution in [0.3, 0.4) is 0 Å². The molecule has 0 atom stereocenters. The van der Waals surface area contributed by atoms with E-state index in [9.17, 15) is 0 Å². The Morgan fingerprint density at radius 1 is 1.47 bits per heavy atom. The molecule has 0 spiro atoms. The highest BCUT2D eigenvalue weighted by Crippen LogP contribution is 2.34. The van der Waals surface area contributed by atoms with Gasteiger partial charge in [0.1, 0.15) is 12.2 Å². The van der Waals surface area contributed by atoms with E-state index in [1.54, 1.807) is 6.33 Å². The van der Waals surface area contributed by atoms with Crippen LogP contribution in [0, 0.1) is 5.41 Å². The highest BCUT2D eigenvalue weighted by Gasteiger charge is 2.26. The number of nitrogens with one attached hydrogen (secondary N) is 2. The fourth-order valence-corrected chi connectivity index (χ4v) is 2.16. The molecular weight excluding hydrogens is 188 g/mol. The molecule has 0 saturated heterocycles. The lowest BCUT2D eigenvalue weighted by Gasteiger charge is -2.34. The minimum Gasteiger partial charge on any atom is -0.307 e. The number of nitrogens with zero attached hydrogens (tertiary/aromatic N) is 2. The highest BCUT2D eigenvalue weighted by atomic mass is 15.2. The summed E-state index contributed by atoms with van der Waals surface area (Å²) >= 11 is 0. The summed E-state index contributed by atoms with van der Waals surface area (Å²) in [4.78, 5) is 4.10. The maximum absolute atomic E-state index is 4.10. The molecule has 1 aromatic rings. The van der Waals surface area contributed by atoms with Crippen molar-refractivity contribution < 1.29 is 0 Å². The van der Waals surface area contributed by atoms with Gasteiger partial charge in [-0.3, -0.25) is 5.10 Å². The average Bonchev–Trinajstić information content (AvgIpc) is 2.69. The summed E-state index contributed by atoms with van der Waals surface area (Å²) in [5, 5.41) is 10.2. The van der Waals surface area contributed by atoms with Crippen molar-refractivity contribution in [2.75, 3.05) is 0 Å². The third-order valence-electron chi connectivity index (χ3n) is 3.36. The molecule has 2 rings (SSSR count). The molecule has 0 radical (unpaired) electrons. The van der Waals surface area contributed by atoms with Gasteiger partial charge in [0.05, 0.1) is 6.54 Å². The van der Waals surface area contributed by atoms with Crippen molar-refractivity contribution in [3.8, 4) is 0 Å². The molecule has 4 heteroatoms. The van der Waals surface area contributed by atoms with E-state index >= 15 is 0 Å². The number of aromatic nitrogens is 3. The first-order chi connectivity index (χ1) is 7.16. The Labute approximate surface area is 90.9 Å². The van der Waals surface area contributed by atoms with E-state index in [-0.39, 0.29) is 0 Å². The summed E-state index contributed by atoms with van der Waals surface area (Å²) in [6, 6.07) is 0.656. The van der Waals surface area contributed by atoms with E-state index in [4.69, 9.17) is 0 Å². The van der Waals surface area contributed by atoms with Gasteiger partial charge in [0, 0.05) is 6.04 Å². The molecule has 1 aliphatic carbocycles. The van der Waals surface area contributed by atoms with Gasteiger partial charge in [0.15, 0.2) is 0 Å². The molecule has 2 N–H and O–H groups in total. The van der Waals surface area contributed by atoms with Gasteiger partial charge >= 0.3 is 0 Å². The first kappa shape index (κ1) is 10.6. The van der Waals surface area contributed by atoms with Crippen LogP contribution in [0.15, 0.2) is 6.33 Å². The van der Waals surface area contributed by atoms with Gasteiger partial charge in [-0.05, 0) is 31.1 Å². The first-order valence-electron chi connectivity index (χ1n) is 5.73. The zero-order valence-corrected chi connectivity index (χ0v) is 9.58. The summed E-state index contributed by atoms with van der Waals surface area (Å²) in [5.41, 5.74) is 0.546. The Balaban J connectivity index is 1.73. The maximum atomic E-state index is 4.10. The summed E-state index contributed by atoms with van der Waals surface area (Å²) in [6.45, 7) is 5.53. The van der Waals surface area contributed by atoms with Crippen LogP contribution in [0.25, 0.3) is 0 Å². The molecule has 1 fully saturated rings. The monoisotopic (exact) mass is 208 g/mol. The van der Waals surface area contributed by atoms with Crippen molar-refractivity contribution in [1.82, 2.24) is 20.5 Å². The normalized spacial score (nSPS) is 21.7. The highest BCUT2D eigenvalue weighted by molar-refractivity contribution is 4.85. The second-order valence-electron chi connectivity index (χ2n) is 5.25. The van der Waals surface area contributed by atoms with E-state index in [2.05, 4.69) is 34.3 Å². The van der Waals surface area contributed by atoms with Crippen molar-refractivity contribution in [1.29, 1.82) is 0 Å². The molecule has 1 saturated carbocycles. The molecule has 1 aliphatic rings. The lowest BCUT2D eigenvalue weighted by Crippen LogP contribution is -2.35. The molecular formula is C11H20N4. The molecule has 1 heterocycles. The smallest absolute Gasteiger partial charge is 0.138 e. The predicted octanol–water partition coefficient (Wildman–Crippen LogP) is 1.86. The van der Waals surface area contributed by atoms with E-state index in [0.717, 1.165) is 12.4 Å². The summed E-state index contributed by atoms with van der Waals surface area (Å²) in [5.74, 6) is 0.930. The topological polar surface area (TPSA) is 53.6 Å². The molecule has 15 heavy (non-hydrogen) atoms. The van der Waals surface area contributed by atoms with Crippen LogP contribution in [-0.4, -0.2) is 21.2 Å². The second kappa shape index (κ2) is 4.31. The molecule has 0 amide bonds. The van der Waals surface area contributed by atoms with Crippen molar-refractivity contribution in [3.63, 3.8) is 0 Å². The first-order valence-corrected chi connectivity index (χ1v) is 5.73. The number of hydrogen-bond donors (Lipinski definition) is 2. The lowest BCUT2D eigenvalue weighted by atomic mass is 9.75. The van der Waals surface area contributed by atoms with Crippen LogP contribution in [-0.2, 0) is 6.54 Å². The Morgan fingerprint density at radius 2 is 2.20 bits per heavy atom. The molecule has 84 valence electrons. The van der Waals surface area contributed by atoms with Crippen molar-refractivity contribution in [2.45, 2.75) is 52.1 Å². The van der Waals surface area contributed by atoms with Gasteiger partial charge in [-0.25, -0.2) is 4.98 Å². The van der Waals surface area contributed by atoms with Crippen LogP contribution in [0.2, 0.25) is 0 Å². The Kier molecular flexibility index (Phi) is 3.05. The van der Waals surface area contributed by atoms with E-state index in [1.807, 2.05) is 0 Å². The van der Waals surface area contributed by atoms with E-state index in [1.165, 1.54) is 25.7 Å². The number of H-pyrrole nitrogens is 1. The van der Waals surface area contributed by atoms with Crippen LogP contribution >= 0.6 is 0 Å². The molecule has 0 unspecified atom stereocenters. The summed E-state index contributed by atoms with van der Waals surface area (Å²) in [7, 11) is 0. The molecule has 4 nitrogen and oxygen atoms in total. The van der Waals surface area contributed by atoms with Gasteiger partial charge in [0.25, 0.3) is 0 Å². The fraction of sp³-hybridized carbons (Fsp3) is 0.818. The minimum absolute atomic E-state index is 0.546. The quantitative estimate of drug-likeness (QED) is 0.797. The standard InChI is InChI=1S/C11H20N4/c1-11(2)5-3-9(4-6-11)12-7-10-13-8-14-15-10/h8-9,12H,3-7H2,1-2H3,(H,13,14,15). The van der Waals surface area contributed by atoms with Crippen molar-refractivity contribution in [2.24, 2.45) is 5.41 Å². The van der Waals surface area contributed by atoms with Gasteiger partial charge in [-0.15, -0.1) is 0 Å². The Bertz CT molecular complexity index is 282. The Hall–Kier alpha value is -0.900. The van der Waals surface area contributed by atoms with Crippen LogP contribution in [0.5, 0.6) is 0 Å². The maximum Gasteiger partial charge on any atom is 0.138 e. The largest absolute Gasteiger partial charge is 0.307 e. The van der Waals surface area contributed by atoms with Crippen LogP contribution < -0.4 is 5.32 Å². The minimum atomic E-state index is 0.546. The van der Waals surface area contributed by atoms with Gasteiger partial charge in [0.2, 0.25) is 0 Å². The lowest BCUT2D eigenvalue weighted by molar-refractivity contribution is 0.205. The van der Waals surface area contributed by atoms with Crippen molar-refractivity contribution in [3.05, 3.63) is 12.2 Å². The SMILES string of the molecule is CC1(C)CCC(NCc2ncn[nH]2)CC1. The van der Waals surface area contributed by atoms with Crippen molar-refractivity contribution >= 4 is 0 Å². The zero-order chi connectivity index (χ0) is 10.7. The average molecular weight is 208 g/mol. The number of hydrogen-bond acceptors (Lipinski definition) is 3. The third kappa shape index (κ3) is 3.02. The summed E-state index contributed by atoms with van der Waals surface area (Å²) in [6.07, 6.45) is 6.76. The third-order valence-corrected chi connectivity index (χ3v) is 3.36. The van der Waals surface area contributed by atoms with E-state index < -0.39 is 0 Å². The van der Waals surface area contributed by atoms with Crippen LogP contribution in [0.4, 0.5) is 0 Å². The predicted molar refractivity (Wildman–Crippen MR) is 59.3 cm³/mol. The van der Waals surface area contributed by atoms with Crippen LogP contribution in [0.1, 0.15) is 45.4 Å². The molecule has 0 aromatic carbocycles. The molecule has 0 bridgehead atoms. The second-order valence-corrected chi connectivity index (χ2v) is 5.25. The fourth-order valence-electron chi connectivity index (χ4n) is 2.16. The molecule has 1 aromatic heterocycles. The summed E-state index contributed by atoms with van der Waals surface area (Å²) < 4.78 is 0. The van der Waals surface area contributed by atoms with Gasteiger partial charge in [-0.1, -0.05) is 13.8 Å².